The van der Waals surface area contributed by atoms with E-state index in [1.807, 2.05) is 14.1 Å². The molecule has 0 saturated heterocycles. The van der Waals surface area contributed by atoms with Crippen molar-refractivity contribution in [3.8, 4) is 6.07 Å². The fourth-order valence-corrected chi connectivity index (χ4v) is 2.20. The van der Waals surface area contributed by atoms with Crippen molar-refractivity contribution in [1.82, 2.24) is 0 Å². The number of hydrogen-bond acceptors (Lipinski definition) is 2. The number of benzene rings is 1. The van der Waals surface area contributed by atoms with Crippen molar-refractivity contribution in [3.05, 3.63) is 35.4 Å². The lowest BCUT2D eigenvalue weighted by Gasteiger charge is -2.15. The zero-order valence-electron chi connectivity index (χ0n) is 12.5. The Morgan fingerprint density at radius 2 is 1.63 bits per heavy atom. The molecule has 0 N–H and O–H groups in total. The zero-order chi connectivity index (χ0) is 14.3. The van der Waals surface area contributed by atoms with Gasteiger partial charge in [0.15, 0.2) is 0 Å². The van der Waals surface area contributed by atoms with E-state index in [0.29, 0.717) is 0 Å². The minimum Gasteiger partial charge on any atom is -0.378 e. The monoisotopic (exact) mass is 256 g/mol. The molecular formula is C17H24N2. The minimum absolute atomic E-state index is 0.876. The number of nitriles is 1. The van der Waals surface area contributed by atoms with Crippen LogP contribution in [0.1, 0.15) is 45.1 Å². The average molecular weight is 256 g/mol. The molecule has 1 aromatic rings. The first-order chi connectivity index (χ1) is 9.13. The Bertz CT molecular complexity index is 461. The van der Waals surface area contributed by atoms with Crippen LogP contribution in [0.4, 0.5) is 5.69 Å². The molecule has 0 radical (unpaired) electrons. The second-order valence-corrected chi connectivity index (χ2v) is 5.01. The van der Waals surface area contributed by atoms with Gasteiger partial charge in [-0.25, -0.2) is 0 Å². The van der Waals surface area contributed by atoms with E-state index in [-0.39, 0.29) is 0 Å². The second kappa shape index (κ2) is 7.63. The maximum Gasteiger partial charge on any atom is 0.0950 e. The number of nitrogens with zero attached hydrogens (tertiary/aromatic N) is 2. The largest absolute Gasteiger partial charge is 0.378 e. The first-order valence-corrected chi connectivity index (χ1v) is 7.03. The third-order valence-electron chi connectivity index (χ3n) is 3.23. The van der Waals surface area contributed by atoms with E-state index in [4.69, 9.17) is 0 Å². The van der Waals surface area contributed by atoms with Crippen LogP contribution in [-0.4, -0.2) is 14.1 Å². The number of anilines is 1. The molecule has 0 bridgehead atoms. The van der Waals surface area contributed by atoms with Crippen molar-refractivity contribution in [3.63, 3.8) is 0 Å². The van der Waals surface area contributed by atoms with Crippen molar-refractivity contribution in [2.75, 3.05) is 19.0 Å². The van der Waals surface area contributed by atoms with E-state index in [1.165, 1.54) is 16.8 Å². The van der Waals surface area contributed by atoms with Crippen LogP contribution >= 0.6 is 0 Å². The molecule has 0 saturated carbocycles. The van der Waals surface area contributed by atoms with Crippen molar-refractivity contribution in [1.29, 1.82) is 5.26 Å². The Balaban J connectivity index is 3.15. The molecule has 0 aliphatic carbocycles. The molecule has 0 spiro atoms. The Morgan fingerprint density at radius 3 is 2.05 bits per heavy atom. The molecule has 2 heteroatoms. The van der Waals surface area contributed by atoms with Crippen molar-refractivity contribution in [2.24, 2.45) is 0 Å². The summed E-state index contributed by atoms with van der Waals surface area (Å²) in [6, 6.07) is 10.9. The normalized spacial score (nSPS) is 11.7. The van der Waals surface area contributed by atoms with Crippen LogP contribution in [0.5, 0.6) is 0 Å². The van der Waals surface area contributed by atoms with Crippen LogP contribution in [0.15, 0.2) is 29.8 Å². The molecule has 0 aliphatic heterocycles. The Kier molecular flexibility index (Phi) is 6.15. The SMILES string of the molecule is CCC/C(C#N)=C(\CCC)c1ccc(N(C)C)cc1. The maximum absolute atomic E-state index is 9.34. The molecule has 1 rings (SSSR count). The van der Waals surface area contributed by atoms with Crippen molar-refractivity contribution in [2.45, 2.75) is 39.5 Å². The second-order valence-electron chi connectivity index (χ2n) is 5.01. The molecule has 1 aromatic carbocycles. The van der Waals surface area contributed by atoms with E-state index in [2.05, 4.69) is 49.1 Å². The van der Waals surface area contributed by atoms with Gasteiger partial charge in [0.05, 0.1) is 6.07 Å². The summed E-state index contributed by atoms with van der Waals surface area (Å²) in [7, 11) is 4.07. The Labute approximate surface area is 117 Å². The van der Waals surface area contributed by atoms with Crippen molar-refractivity contribution < 1.29 is 0 Å². The first-order valence-electron chi connectivity index (χ1n) is 7.03. The Morgan fingerprint density at radius 1 is 1.05 bits per heavy atom. The molecule has 2 nitrogen and oxygen atoms in total. The van der Waals surface area contributed by atoms with Gasteiger partial charge in [0, 0.05) is 25.4 Å². The summed E-state index contributed by atoms with van der Waals surface area (Å²) in [5, 5.41) is 9.34. The lowest BCUT2D eigenvalue weighted by Crippen LogP contribution is -2.08. The van der Waals surface area contributed by atoms with E-state index in [0.717, 1.165) is 31.3 Å². The summed E-state index contributed by atoms with van der Waals surface area (Å²) in [5.41, 5.74) is 4.55. The van der Waals surface area contributed by atoms with Gasteiger partial charge in [-0.3, -0.25) is 0 Å². The fourth-order valence-electron chi connectivity index (χ4n) is 2.20. The highest BCUT2D eigenvalue weighted by molar-refractivity contribution is 5.72. The van der Waals surface area contributed by atoms with Gasteiger partial charge >= 0.3 is 0 Å². The van der Waals surface area contributed by atoms with Crippen LogP contribution < -0.4 is 4.90 Å². The van der Waals surface area contributed by atoms with Gasteiger partial charge in [-0.1, -0.05) is 38.8 Å². The number of allylic oxidation sites excluding steroid dienone is 2. The van der Waals surface area contributed by atoms with Gasteiger partial charge in [-0.05, 0) is 36.1 Å². The molecule has 0 aromatic heterocycles. The predicted molar refractivity (Wildman–Crippen MR) is 83.1 cm³/mol. The summed E-state index contributed by atoms with van der Waals surface area (Å²) >= 11 is 0. The van der Waals surface area contributed by atoms with E-state index in [9.17, 15) is 5.26 Å². The van der Waals surface area contributed by atoms with Gasteiger partial charge in [-0.15, -0.1) is 0 Å². The number of rotatable bonds is 6. The minimum atomic E-state index is 0.876. The smallest absolute Gasteiger partial charge is 0.0950 e. The van der Waals surface area contributed by atoms with Crippen LogP contribution in [0.2, 0.25) is 0 Å². The third-order valence-corrected chi connectivity index (χ3v) is 3.23. The van der Waals surface area contributed by atoms with Crippen LogP contribution in [-0.2, 0) is 0 Å². The van der Waals surface area contributed by atoms with Gasteiger partial charge < -0.3 is 4.90 Å². The van der Waals surface area contributed by atoms with E-state index >= 15 is 0 Å². The molecule has 19 heavy (non-hydrogen) atoms. The molecule has 0 amide bonds. The predicted octanol–water partition coefficient (Wildman–Crippen LogP) is 4.63. The number of hydrogen-bond donors (Lipinski definition) is 0. The van der Waals surface area contributed by atoms with Crippen LogP contribution in [0, 0.1) is 11.3 Å². The maximum atomic E-state index is 9.34. The van der Waals surface area contributed by atoms with Crippen LogP contribution in [0.3, 0.4) is 0 Å². The summed E-state index contributed by atoms with van der Waals surface area (Å²) in [6.07, 6.45) is 3.94. The van der Waals surface area contributed by atoms with Crippen molar-refractivity contribution >= 4 is 11.3 Å². The Hall–Kier alpha value is -1.75. The molecule has 102 valence electrons. The molecular weight excluding hydrogens is 232 g/mol. The topological polar surface area (TPSA) is 27.0 Å². The average Bonchev–Trinajstić information content (AvgIpc) is 2.43. The molecule has 0 unspecified atom stereocenters. The van der Waals surface area contributed by atoms with Gasteiger partial charge in [0.25, 0.3) is 0 Å². The molecule has 0 fully saturated rings. The highest BCUT2D eigenvalue weighted by Gasteiger charge is 2.08. The van der Waals surface area contributed by atoms with Gasteiger partial charge in [-0.2, -0.15) is 5.26 Å². The third kappa shape index (κ3) is 4.13. The zero-order valence-corrected chi connectivity index (χ0v) is 12.5. The lowest BCUT2D eigenvalue weighted by molar-refractivity contribution is 0.908. The van der Waals surface area contributed by atoms with E-state index < -0.39 is 0 Å². The fraction of sp³-hybridized carbons (Fsp3) is 0.471. The highest BCUT2D eigenvalue weighted by Crippen LogP contribution is 2.27. The summed E-state index contributed by atoms with van der Waals surface area (Å²) < 4.78 is 0. The molecule has 0 heterocycles. The summed E-state index contributed by atoms with van der Waals surface area (Å²) in [5.74, 6) is 0. The first kappa shape index (κ1) is 15.3. The van der Waals surface area contributed by atoms with Gasteiger partial charge in [0.1, 0.15) is 0 Å². The van der Waals surface area contributed by atoms with E-state index in [1.54, 1.807) is 0 Å². The van der Waals surface area contributed by atoms with Crippen LogP contribution in [0.25, 0.3) is 5.57 Å². The molecule has 0 aliphatic rings. The standard InChI is InChI=1S/C17H24N2/c1-5-7-15(13-18)17(8-6-2)14-9-11-16(12-10-14)19(3)4/h9-12H,5-8H2,1-4H3/b17-15-. The summed E-state index contributed by atoms with van der Waals surface area (Å²) in [6.45, 7) is 4.28. The highest BCUT2D eigenvalue weighted by atomic mass is 15.1. The molecule has 0 atom stereocenters. The quantitative estimate of drug-likeness (QED) is 0.694. The summed E-state index contributed by atoms with van der Waals surface area (Å²) in [4.78, 5) is 2.09. The lowest BCUT2D eigenvalue weighted by atomic mass is 9.94. The van der Waals surface area contributed by atoms with Gasteiger partial charge in [0.2, 0.25) is 0 Å².